The van der Waals surface area contributed by atoms with Gasteiger partial charge in [-0.25, -0.2) is 0 Å². The van der Waals surface area contributed by atoms with E-state index in [9.17, 15) is 14.9 Å². The van der Waals surface area contributed by atoms with E-state index in [1.165, 1.54) is 12.1 Å². The number of rotatable bonds is 3. The number of hydrogen-bond acceptors (Lipinski definition) is 6. The average molecular weight is 333 g/mol. The van der Waals surface area contributed by atoms with Gasteiger partial charge in [-0.2, -0.15) is 0 Å². The van der Waals surface area contributed by atoms with Gasteiger partial charge in [0.2, 0.25) is 0 Å². The van der Waals surface area contributed by atoms with Crippen molar-refractivity contribution in [3.05, 3.63) is 27.8 Å². The maximum atomic E-state index is 11.6. The molecule has 0 saturated carbocycles. The van der Waals surface area contributed by atoms with Crippen LogP contribution >= 0.6 is 22.6 Å². The Balaban J connectivity index is 2.80. The summed E-state index contributed by atoms with van der Waals surface area (Å²) in [7, 11) is 0. The Bertz CT molecular complexity index is 580. The lowest BCUT2D eigenvalue weighted by Gasteiger charge is -1.98. The van der Waals surface area contributed by atoms with Crippen molar-refractivity contribution in [2.24, 2.45) is 0 Å². The maximum Gasteiger partial charge on any atom is 0.282 e. The SMILES string of the molecule is O=C(CI)c1c([N+](=O)[O-])ccc2onnc12. The Labute approximate surface area is 102 Å². The first-order valence-electron chi connectivity index (χ1n) is 4.13. The lowest BCUT2D eigenvalue weighted by Crippen LogP contribution is -2.05. The Morgan fingerprint density at radius 1 is 1.56 bits per heavy atom. The third kappa shape index (κ3) is 1.64. The molecule has 2 aromatic rings. The minimum absolute atomic E-state index is 0.0434. The molecule has 0 spiro atoms. The molecule has 1 aromatic carbocycles. The van der Waals surface area contributed by atoms with E-state index in [4.69, 9.17) is 4.52 Å². The lowest BCUT2D eigenvalue weighted by atomic mass is 10.1. The average Bonchev–Trinajstić information content (AvgIpc) is 2.74. The highest BCUT2D eigenvalue weighted by Gasteiger charge is 2.25. The minimum Gasteiger partial charge on any atom is -0.337 e. The number of nitro benzene ring substituents is 1. The number of aromatic nitrogens is 2. The van der Waals surface area contributed by atoms with Crippen LogP contribution in [0.25, 0.3) is 11.1 Å². The molecule has 8 heteroatoms. The molecule has 82 valence electrons. The zero-order valence-corrected chi connectivity index (χ0v) is 9.87. The van der Waals surface area contributed by atoms with Crippen molar-refractivity contribution in [3.63, 3.8) is 0 Å². The Hall–Kier alpha value is -1.58. The Morgan fingerprint density at radius 2 is 2.31 bits per heavy atom. The summed E-state index contributed by atoms with van der Waals surface area (Å²) in [4.78, 5) is 21.8. The monoisotopic (exact) mass is 333 g/mol. The maximum absolute atomic E-state index is 11.6. The van der Waals surface area contributed by atoms with Crippen LogP contribution in [0.4, 0.5) is 5.69 Å². The normalized spacial score (nSPS) is 10.6. The van der Waals surface area contributed by atoms with E-state index in [0.29, 0.717) is 0 Å². The smallest absolute Gasteiger partial charge is 0.282 e. The molecule has 0 radical (unpaired) electrons. The molecular weight excluding hydrogens is 329 g/mol. The fourth-order valence-corrected chi connectivity index (χ4v) is 1.71. The molecule has 0 atom stereocenters. The van der Waals surface area contributed by atoms with Gasteiger partial charge in [0, 0.05) is 11.3 Å². The molecule has 0 aliphatic heterocycles. The van der Waals surface area contributed by atoms with Crippen LogP contribution in [-0.4, -0.2) is 25.5 Å². The van der Waals surface area contributed by atoms with Crippen LogP contribution in [0.15, 0.2) is 16.7 Å². The fourth-order valence-electron chi connectivity index (χ4n) is 1.33. The van der Waals surface area contributed by atoms with Crippen molar-refractivity contribution in [2.75, 3.05) is 4.43 Å². The lowest BCUT2D eigenvalue weighted by molar-refractivity contribution is -0.385. The molecule has 0 amide bonds. The number of halogens is 1. The van der Waals surface area contributed by atoms with Crippen LogP contribution in [0.3, 0.4) is 0 Å². The third-order valence-electron chi connectivity index (χ3n) is 2.00. The second-order valence-corrected chi connectivity index (χ2v) is 3.66. The highest BCUT2D eigenvalue weighted by atomic mass is 127. The zero-order valence-electron chi connectivity index (χ0n) is 7.71. The Kier molecular flexibility index (Phi) is 2.81. The number of carbonyl (C=O) groups excluding carboxylic acids is 1. The first-order valence-corrected chi connectivity index (χ1v) is 5.66. The second kappa shape index (κ2) is 4.12. The quantitative estimate of drug-likeness (QED) is 0.279. The molecule has 0 fully saturated rings. The summed E-state index contributed by atoms with van der Waals surface area (Å²) in [6, 6.07) is 2.59. The van der Waals surface area contributed by atoms with E-state index < -0.39 is 4.92 Å². The van der Waals surface area contributed by atoms with Gasteiger partial charge in [0.1, 0.15) is 5.56 Å². The Morgan fingerprint density at radius 3 is 2.94 bits per heavy atom. The molecule has 0 aliphatic carbocycles. The van der Waals surface area contributed by atoms with Gasteiger partial charge in [0.25, 0.3) is 5.69 Å². The van der Waals surface area contributed by atoms with E-state index >= 15 is 0 Å². The van der Waals surface area contributed by atoms with Gasteiger partial charge in [0.05, 0.1) is 9.35 Å². The highest BCUT2D eigenvalue weighted by Crippen LogP contribution is 2.27. The van der Waals surface area contributed by atoms with E-state index in [2.05, 4.69) is 10.4 Å². The predicted octanol–water partition coefficient (Wildman–Crippen LogP) is 1.75. The van der Waals surface area contributed by atoms with E-state index in [0.717, 1.165) is 0 Å². The molecular formula is C8H4IN3O4. The number of carbonyl (C=O) groups is 1. The van der Waals surface area contributed by atoms with Crippen molar-refractivity contribution < 1.29 is 14.2 Å². The standard InChI is InChI=1S/C8H4IN3O4/c9-3-5(13)7-4(12(14)15)1-2-6-8(7)10-11-16-6/h1-2H,3H2. The number of hydrogen-bond donors (Lipinski definition) is 0. The highest BCUT2D eigenvalue weighted by molar-refractivity contribution is 14.1. The topological polar surface area (TPSA) is 99.1 Å². The molecule has 0 aliphatic rings. The minimum atomic E-state index is -0.617. The van der Waals surface area contributed by atoms with E-state index in [-0.39, 0.29) is 32.6 Å². The van der Waals surface area contributed by atoms with Gasteiger partial charge < -0.3 is 4.52 Å². The molecule has 0 N–H and O–H groups in total. The van der Waals surface area contributed by atoms with Crippen molar-refractivity contribution in [1.29, 1.82) is 0 Å². The van der Waals surface area contributed by atoms with Crippen molar-refractivity contribution in [3.8, 4) is 0 Å². The summed E-state index contributed by atoms with van der Waals surface area (Å²) in [5, 5.41) is 17.6. The van der Waals surface area contributed by atoms with Crippen LogP contribution in [0, 0.1) is 10.1 Å². The molecule has 2 rings (SSSR count). The molecule has 1 heterocycles. The molecule has 1 aromatic heterocycles. The summed E-state index contributed by atoms with van der Waals surface area (Å²) >= 11 is 1.84. The van der Waals surface area contributed by atoms with Crippen molar-refractivity contribution in [1.82, 2.24) is 10.4 Å². The molecule has 16 heavy (non-hydrogen) atoms. The van der Waals surface area contributed by atoms with Gasteiger partial charge in [-0.15, -0.1) is 5.10 Å². The van der Waals surface area contributed by atoms with Gasteiger partial charge in [-0.3, -0.25) is 14.9 Å². The number of nitrogens with zero attached hydrogens (tertiary/aromatic N) is 3. The van der Waals surface area contributed by atoms with Crippen LogP contribution in [0.1, 0.15) is 10.4 Å². The number of Topliss-reactive ketones (excluding diaryl/α,β-unsaturated/α-hetero) is 1. The number of fused-ring (bicyclic) bond motifs is 1. The van der Waals surface area contributed by atoms with E-state index in [1.807, 2.05) is 22.6 Å². The van der Waals surface area contributed by atoms with Crippen LogP contribution in [0.2, 0.25) is 0 Å². The van der Waals surface area contributed by atoms with Crippen molar-refractivity contribution in [2.45, 2.75) is 0 Å². The van der Waals surface area contributed by atoms with Gasteiger partial charge in [-0.05, 0) is 6.07 Å². The number of benzene rings is 1. The molecule has 0 saturated heterocycles. The van der Waals surface area contributed by atoms with Crippen LogP contribution in [0.5, 0.6) is 0 Å². The zero-order chi connectivity index (χ0) is 11.7. The molecule has 7 nitrogen and oxygen atoms in total. The van der Waals surface area contributed by atoms with E-state index in [1.54, 1.807) is 0 Å². The van der Waals surface area contributed by atoms with Crippen molar-refractivity contribution >= 4 is 45.2 Å². The van der Waals surface area contributed by atoms with Gasteiger partial charge >= 0.3 is 0 Å². The van der Waals surface area contributed by atoms with Gasteiger partial charge in [0.15, 0.2) is 16.9 Å². The number of nitro groups is 1. The fraction of sp³-hybridized carbons (Fsp3) is 0.125. The number of alkyl halides is 1. The summed E-state index contributed by atoms with van der Waals surface area (Å²) in [6.45, 7) is 0. The second-order valence-electron chi connectivity index (χ2n) is 2.89. The predicted molar refractivity (Wildman–Crippen MR) is 61.7 cm³/mol. The first kappa shape index (κ1) is 10.9. The van der Waals surface area contributed by atoms with Gasteiger partial charge in [-0.1, -0.05) is 22.6 Å². The summed E-state index contributed by atoms with van der Waals surface area (Å²) in [5.74, 6) is -0.367. The first-order chi connectivity index (χ1) is 7.65. The van der Waals surface area contributed by atoms with Crippen LogP contribution in [-0.2, 0) is 0 Å². The largest absolute Gasteiger partial charge is 0.337 e. The van der Waals surface area contributed by atoms with Crippen LogP contribution < -0.4 is 0 Å². The number of ketones is 1. The third-order valence-corrected chi connectivity index (χ3v) is 2.69. The summed E-state index contributed by atoms with van der Waals surface area (Å²) in [6.07, 6.45) is 0. The molecule has 0 bridgehead atoms. The summed E-state index contributed by atoms with van der Waals surface area (Å²) in [5.41, 5.74) is 0.0812. The molecule has 0 unspecified atom stereocenters. The summed E-state index contributed by atoms with van der Waals surface area (Å²) < 4.78 is 4.88.